The zero-order chi connectivity index (χ0) is 10.4. The lowest BCUT2D eigenvalue weighted by Gasteiger charge is -1.94. The van der Waals surface area contributed by atoms with Crippen molar-refractivity contribution in [3.8, 4) is 11.4 Å². The molecule has 0 radical (unpaired) electrons. The maximum Gasteiger partial charge on any atom is 0.194 e. The Morgan fingerprint density at radius 3 is 2.93 bits per heavy atom. The van der Waals surface area contributed by atoms with Gasteiger partial charge in [0.1, 0.15) is 5.69 Å². The highest BCUT2D eigenvalue weighted by Crippen LogP contribution is 2.28. The minimum atomic E-state index is 0.592. The van der Waals surface area contributed by atoms with Crippen LogP contribution in [0.2, 0.25) is 0 Å². The van der Waals surface area contributed by atoms with Gasteiger partial charge < -0.3 is 5.73 Å². The van der Waals surface area contributed by atoms with Crippen molar-refractivity contribution >= 4 is 32.8 Å². The Labute approximate surface area is 94.0 Å². The van der Waals surface area contributed by atoms with E-state index in [1.165, 1.54) is 11.3 Å². The molecule has 0 aromatic carbocycles. The van der Waals surface area contributed by atoms with E-state index < -0.39 is 0 Å². The summed E-state index contributed by atoms with van der Waals surface area (Å²) < 4.78 is 2.05. The molecule has 3 rings (SSSR count). The van der Waals surface area contributed by atoms with Gasteiger partial charge in [-0.15, -0.1) is 22.7 Å². The SMILES string of the molecule is Cc1nc2sccn2c1-c1csc(N)n1. The van der Waals surface area contributed by atoms with Crippen LogP contribution in [0.25, 0.3) is 16.3 Å². The van der Waals surface area contributed by atoms with Gasteiger partial charge in [-0.3, -0.25) is 4.40 Å². The van der Waals surface area contributed by atoms with Crippen LogP contribution in [0.3, 0.4) is 0 Å². The van der Waals surface area contributed by atoms with Gasteiger partial charge in [-0.2, -0.15) is 0 Å². The molecule has 6 heteroatoms. The third kappa shape index (κ3) is 1.25. The van der Waals surface area contributed by atoms with E-state index in [4.69, 9.17) is 5.73 Å². The molecule has 4 nitrogen and oxygen atoms in total. The molecular formula is C9H8N4S2. The largest absolute Gasteiger partial charge is 0.375 e. The highest BCUT2D eigenvalue weighted by molar-refractivity contribution is 7.15. The highest BCUT2D eigenvalue weighted by atomic mass is 32.1. The van der Waals surface area contributed by atoms with E-state index in [0.29, 0.717) is 5.13 Å². The molecule has 2 N–H and O–H groups in total. The van der Waals surface area contributed by atoms with Crippen LogP contribution in [0.4, 0.5) is 5.13 Å². The number of anilines is 1. The molecule has 0 aliphatic heterocycles. The number of nitrogens with zero attached hydrogens (tertiary/aromatic N) is 3. The average molecular weight is 236 g/mol. The number of aromatic nitrogens is 3. The maximum absolute atomic E-state index is 5.63. The molecule has 0 fully saturated rings. The smallest absolute Gasteiger partial charge is 0.194 e. The Morgan fingerprint density at radius 2 is 2.20 bits per heavy atom. The number of aryl methyl sites for hydroxylation is 1. The number of fused-ring (bicyclic) bond motifs is 1. The molecule has 76 valence electrons. The van der Waals surface area contributed by atoms with Gasteiger partial charge in [0.15, 0.2) is 10.1 Å². The number of rotatable bonds is 1. The Bertz CT molecular complexity index is 619. The van der Waals surface area contributed by atoms with Gasteiger partial charge in [-0.1, -0.05) is 0 Å². The van der Waals surface area contributed by atoms with Gasteiger partial charge in [-0.05, 0) is 6.92 Å². The van der Waals surface area contributed by atoms with Gasteiger partial charge in [0.25, 0.3) is 0 Å². The van der Waals surface area contributed by atoms with Gasteiger partial charge in [-0.25, -0.2) is 9.97 Å². The zero-order valence-electron chi connectivity index (χ0n) is 7.97. The van der Waals surface area contributed by atoms with E-state index in [1.807, 2.05) is 23.9 Å². The van der Waals surface area contributed by atoms with Crippen molar-refractivity contribution in [3.63, 3.8) is 0 Å². The lowest BCUT2D eigenvalue weighted by atomic mass is 10.3. The minimum absolute atomic E-state index is 0.592. The molecule has 15 heavy (non-hydrogen) atoms. The van der Waals surface area contributed by atoms with E-state index in [9.17, 15) is 0 Å². The number of imidazole rings is 1. The fraction of sp³-hybridized carbons (Fsp3) is 0.111. The molecule has 0 aliphatic rings. The molecule has 0 aliphatic carbocycles. The standard InChI is InChI=1S/C9H8N4S2/c1-5-7(6-4-15-8(10)12-6)13-2-3-14-9(13)11-5/h2-4H,1H3,(H2,10,12). The summed E-state index contributed by atoms with van der Waals surface area (Å²) in [5.41, 5.74) is 8.57. The van der Waals surface area contributed by atoms with Crippen LogP contribution in [0.5, 0.6) is 0 Å². The summed E-state index contributed by atoms with van der Waals surface area (Å²) in [5.74, 6) is 0. The predicted molar refractivity (Wildman–Crippen MR) is 63.3 cm³/mol. The molecule has 0 spiro atoms. The van der Waals surface area contributed by atoms with Gasteiger partial charge in [0.2, 0.25) is 0 Å². The normalized spacial score (nSPS) is 11.3. The van der Waals surface area contributed by atoms with E-state index in [-0.39, 0.29) is 0 Å². The summed E-state index contributed by atoms with van der Waals surface area (Å²) in [5, 5.41) is 4.57. The summed E-state index contributed by atoms with van der Waals surface area (Å²) in [6, 6.07) is 0. The first-order valence-electron chi connectivity index (χ1n) is 4.39. The first-order valence-corrected chi connectivity index (χ1v) is 6.15. The van der Waals surface area contributed by atoms with E-state index >= 15 is 0 Å². The molecule has 0 unspecified atom stereocenters. The molecule has 0 saturated heterocycles. The molecule has 0 atom stereocenters. The van der Waals surface area contributed by atoms with Gasteiger partial charge >= 0.3 is 0 Å². The summed E-state index contributed by atoms with van der Waals surface area (Å²) in [6.07, 6.45) is 2.00. The first-order chi connectivity index (χ1) is 7.25. The van der Waals surface area contributed by atoms with Gasteiger partial charge in [0.05, 0.1) is 11.4 Å². The van der Waals surface area contributed by atoms with Crippen molar-refractivity contribution in [1.82, 2.24) is 14.4 Å². The molecule has 0 saturated carbocycles. The Balaban J connectivity index is 2.33. The van der Waals surface area contributed by atoms with Crippen molar-refractivity contribution in [1.29, 1.82) is 0 Å². The number of nitrogens with two attached hydrogens (primary N) is 1. The molecule has 3 heterocycles. The van der Waals surface area contributed by atoms with Crippen molar-refractivity contribution in [3.05, 3.63) is 22.7 Å². The summed E-state index contributed by atoms with van der Waals surface area (Å²) in [7, 11) is 0. The lowest BCUT2D eigenvalue weighted by Crippen LogP contribution is -1.88. The Morgan fingerprint density at radius 1 is 1.33 bits per heavy atom. The third-order valence-corrected chi connectivity index (χ3v) is 3.63. The van der Waals surface area contributed by atoms with Crippen LogP contribution >= 0.6 is 22.7 Å². The Hall–Kier alpha value is -1.40. The highest BCUT2D eigenvalue weighted by Gasteiger charge is 2.13. The van der Waals surface area contributed by atoms with Gasteiger partial charge in [0, 0.05) is 17.0 Å². The van der Waals surface area contributed by atoms with Crippen molar-refractivity contribution < 1.29 is 0 Å². The number of hydrogen-bond donors (Lipinski definition) is 1. The van der Waals surface area contributed by atoms with E-state index in [2.05, 4.69) is 14.4 Å². The van der Waals surface area contributed by atoms with Crippen molar-refractivity contribution in [2.24, 2.45) is 0 Å². The predicted octanol–water partition coefficient (Wildman–Crippen LogP) is 2.41. The van der Waals surface area contributed by atoms with Crippen molar-refractivity contribution in [2.75, 3.05) is 5.73 Å². The van der Waals surface area contributed by atoms with Crippen LogP contribution in [-0.2, 0) is 0 Å². The minimum Gasteiger partial charge on any atom is -0.375 e. The molecule has 3 aromatic rings. The van der Waals surface area contributed by atoms with Crippen LogP contribution in [0.15, 0.2) is 17.0 Å². The van der Waals surface area contributed by atoms with E-state index in [1.54, 1.807) is 11.3 Å². The quantitative estimate of drug-likeness (QED) is 0.706. The van der Waals surface area contributed by atoms with Crippen LogP contribution < -0.4 is 5.73 Å². The number of thiazole rings is 2. The molecular weight excluding hydrogens is 228 g/mol. The average Bonchev–Trinajstić information content (AvgIpc) is 2.81. The fourth-order valence-electron chi connectivity index (χ4n) is 1.60. The second-order valence-electron chi connectivity index (χ2n) is 3.17. The van der Waals surface area contributed by atoms with Crippen molar-refractivity contribution in [2.45, 2.75) is 6.92 Å². The number of nitrogen functional groups attached to an aromatic ring is 1. The van der Waals surface area contributed by atoms with Crippen LogP contribution in [-0.4, -0.2) is 14.4 Å². The fourth-order valence-corrected chi connectivity index (χ4v) is 2.91. The zero-order valence-corrected chi connectivity index (χ0v) is 9.60. The summed E-state index contributed by atoms with van der Waals surface area (Å²) >= 11 is 3.07. The third-order valence-electron chi connectivity index (χ3n) is 2.20. The molecule has 0 bridgehead atoms. The van der Waals surface area contributed by atoms with Crippen LogP contribution in [0, 0.1) is 6.92 Å². The summed E-state index contributed by atoms with van der Waals surface area (Å²) in [4.78, 5) is 9.74. The second-order valence-corrected chi connectivity index (χ2v) is 4.94. The van der Waals surface area contributed by atoms with Crippen LogP contribution in [0.1, 0.15) is 5.69 Å². The summed E-state index contributed by atoms with van der Waals surface area (Å²) in [6.45, 7) is 1.99. The van der Waals surface area contributed by atoms with E-state index in [0.717, 1.165) is 22.0 Å². The maximum atomic E-state index is 5.63. The first kappa shape index (κ1) is 8.87. The number of hydrogen-bond acceptors (Lipinski definition) is 5. The Kier molecular flexibility index (Phi) is 1.80. The molecule has 0 amide bonds. The lowest BCUT2D eigenvalue weighted by molar-refractivity contribution is 1.20. The monoisotopic (exact) mass is 236 g/mol. The molecule has 3 aromatic heterocycles. The topological polar surface area (TPSA) is 56.2 Å². The second kappa shape index (κ2) is 3.04.